The highest BCUT2D eigenvalue weighted by atomic mass is 35.5. The topological polar surface area (TPSA) is 75.4 Å². The summed E-state index contributed by atoms with van der Waals surface area (Å²) in [6.07, 6.45) is 3.24. The van der Waals surface area contributed by atoms with Crippen LogP contribution in [0.1, 0.15) is 25.7 Å². The van der Waals surface area contributed by atoms with Gasteiger partial charge in [-0.3, -0.25) is 9.59 Å². The van der Waals surface area contributed by atoms with Crippen LogP contribution in [0.5, 0.6) is 0 Å². The molecule has 1 aliphatic carbocycles. The molecule has 2 amide bonds. The molecule has 17 heavy (non-hydrogen) atoms. The van der Waals surface area contributed by atoms with Gasteiger partial charge in [-0.15, -0.1) is 12.4 Å². The Hall–Kier alpha value is -0.810. The van der Waals surface area contributed by atoms with Crippen LogP contribution in [-0.4, -0.2) is 42.4 Å². The van der Waals surface area contributed by atoms with Crippen LogP contribution < -0.4 is 11.1 Å². The summed E-state index contributed by atoms with van der Waals surface area (Å²) >= 11 is 0. The number of carbonyl (C=O) groups is 2. The van der Waals surface area contributed by atoms with E-state index in [0.29, 0.717) is 0 Å². The molecule has 6 heteroatoms. The SMILES string of the molecule is CN1CCC(NC(=O)C2CCC(N)C2)C1=O.Cl. The summed E-state index contributed by atoms with van der Waals surface area (Å²) in [4.78, 5) is 25.1. The molecule has 1 heterocycles. The van der Waals surface area contributed by atoms with E-state index < -0.39 is 0 Å². The number of nitrogens with zero attached hydrogens (tertiary/aromatic N) is 1. The smallest absolute Gasteiger partial charge is 0.244 e. The molecule has 3 N–H and O–H groups in total. The normalized spacial score (nSPS) is 32.5. The summed E-state index contributed by atoms with van der Waals surface area (Å²) in [7, 11) is 1.76. The second-order valence-electron chi connectivity index (χ2n) is 4.88. The van der Waals surface area contributed by atoms with Gasteiger partial charge in [-0.1, -0.05) is 0 Å². The maximum atomic E-state index is 11.9. The molecule has 0 aromatic heterocycles. The highest BCUT2D eigenvalue weighted by Crippen LogP contribution is 2.24. The molecule has 0 radical (unpaired) electrons. The predicted octanol–water partition coefficient (Wildman–Crippen LogP) is -0.117. The molecule has 2 rings (SSSR count). The van der Waals surface area contributed by atoms with Gasteiger partial charge in [0.05, 0.1) is 0 Å². The Morgan fingerprint density at radius 1 is 1.41 bits per heavy atom. The molecular formula is C11H20ClN3O2. The monoisotopic (exact) mass is 261 g/mol. The fourth-order valence-electron chi connectivity index (χ4n) is 2.50. The van der Waals surface area contributed by atoms with Crippen molar-refractivity contribution in [3.8, 4) is 0 Å². The third kappa shape index (κ3) is 3.10. The molecule has 3 atom stereocenters. The molecule has 5 nitrogen and oxygen atoms in total. The lowest BCUT2D eigenvalue weighted by Gasteiger charge is -2.15. The van der Waals surface area contributed by atoms with E-state index in [1.165, 1.54) is 0 Å². The van der Waals surface area contributed by atoms with Crippen LogP contribution in [-0.2, 0) is 9.59 Å². The van der Waals surface area contributed by atoms with Gasteiger partial charge >= 0.3 is 0 Å². The zero-order chi connectivity index (χ0) is 11.7. The fourth-order valence-corrected chi connectivity index (χ4v) is 2.50. The van der Waals surface area contributed by atoms with Crippen molar-refractivity contribution in [2.45, 2.75) is 37.8 Å². The van der Waals surface area contributed by atoms with Crippen LogP contribution in [0.25, 0.3) is 0 Å². The van der Waals surface area contributed by atoms with Crippen molar-refractivity contribution in [3.63, 3.8) is 0 Å². The van der Waals surface area contributed by atoms with Gasteiger partial charge in [0.1, 0.15) is 6.04 Å². The number of likely N-dealkylation sites (N-methyl/N-ethyl adjacent to an activating group) is 1. The highest BCUT2D eigenvalue weighted by Gasteiger charge is 2.34. The van der Waals surface area contributed by atoms with Crippen LogP contribution in [0.4, 0.5) is 0 Å². The minimum absolute atomic E-state index is 0. The average molecular weight is 262 g/mol. The first-order valence-corrected chi connectivity index (χ1v) is 5.89. The van der Waals surface area contributed by atoms with Crippen molar-refractivity contribution in [2.75, 3.05) is 13.6 Å². The van der Waals surface area contributed by atoms with Crippen LogP contribution in [0.3, 0.4) is 0 Å². The van der Waals surface area contributed by atoms with Crippen LogP contribution >= 0.6 is 12.4 Å². The number of rotatable bonds is 2. The van der Waals surface area contributed by atoms with Crippen molar-refractivity contribution < 1.29 is 9.59 Å². The number of hydrogen-bond acceptors (Lipinski definition) is 3. The minimum atomic E-state index is -0.311. The summed E-state index contributed by atoms with van der Waals surface area (Å²) in [6.45, 7) is 0.730. The Morgan fingerprint density at radius 2 is 2.12 bits per heavy atom. The Kier molecular flexibility index (Phi) is 4.77. The van der Waals surface area contributed by atoms with Gasteiger partial charge in [0.25, 0.3) is 0 Å². The minimum Gasteiger partial charge on any atom is -0.344 e. The number of nitrogens with one attached hydrogen (secondary N) is 1. The van der Waals surface area contributed by atoms with Gasteiger partial charge in [0, 0.05) is 25.6 Å². The molecule has 3 unspecified atom stereocenters. The van der Waals surface area contributed by atoms with E-state index in [9.17, 15) is 9.59 Å². The first-order chi connectivity index (χ1) is 7.58. The Balaban J connectivity index is 0.00000144. The third-order valence-electron chi connectivity index (χ3n) is 3.59. The van der Waals surface area contributed by atoms with E-state index in [1.807, 2.05) is 0 Å². The largest absolute Gasteiger partial charge is 0.344 e. The maximum absolute atomic E-state index is 11.9. The molecular weight excluding hydrogens is 242 g/mol. The number of nitrogens with two attached hydrogens (primary N) is 1. The van der Waals surface area contributed by atoms with E-state index in [2.05, 4.69) is 5.32 Å². The molecule has 0 aromatic carbocycles. The molecule has 0 bridgehead atoms. The lowest BCUT2D eigenvalue weighted by Crippen LogP contribution is -2.43. The highest BCUT2D eigenvalue weighted by molar-refractivity contribution is 5.89. The van der Waals surface area contributed by atoms with E-state index in [4.69, 9.17) is 5.73 Å². The van der Waals surface area contributed by atoms with Crippen molar-refractivity contribution in [1.29, 1.82) is 0 Å². The Labute approximate surface area is 108 Å². The summed E-state index contributed by atoms with van der Waals surface area (Å²) in [5.74, 6) is 0.0333. The van der Waals surface area contributed by atoms with Gasteiger partial charge in [0.15, 0.2) is 0 Å². The summed E-state index contributed by atoms with van der Waals surface area (Å²) in [6, 6.07) is -0.160. The van der Waals surface area contributed by atoms with Gasteiger partial charge in [0.2, 0.25) is 11.8 Å². The van der Waals surface area contributed by atoms with Crippen LogP contribution in [0.2, 0.25) is 0 Å². The first-order valence-electron chi connectivity index (χ1n) is 5.89. The van der Waals surface area contributed by atoms with Crippen LogP contribution in [0.15, 0.2) is 0 Å². The zero-order valence-corrected chi connectivity index (χ0v) is 10.8. The number of carbonyl (C=O) groups excluding carboxylic acids is 2. The number of hydrogen-bond donors (Lipinski definition) is 2. The number of amides is 2. The molecule has 0 spiro atoms. The fraction of sp³-hybridized carbons (Fsp3) is 0.818. The summed E-state index contributed by atoms with van der Waals surface area (Å²) < 4.78 is 0. The van der Waals surface area contributed by atoms with E-state index in [-0.39, 0.29) is 42.2 Å². The Morgan fingerprint density at radius 3 is 2.59 bits per heavy atom. The lowest BCUT2D eigenvalue weighted by atomic mass is 10.1. The quantitative estimate of drug-likeness (QED) is 0.728. The van der Waals surface area contributed by atoms with Gasteiger partial charge < -0.3 is 16.0 Å². The Bertz CT molecular complexity index is 311. The maximum Gasteiger partial charge on any atom is 0.244 e. The second kappa shape index (κ2) is 5.69. The lowest BCUT2D eigenvalue weighted by molar-refractivity contribution is -0.133. The van der Waals surface area contributed by atoms with E-state index in [0.717, 1.165) is 32.2 Å². The summed E-state index contributed by atoms with van der Waals surface area (Å²) in [5, 5.41) is 2.84. The molecule has 2 fully saturated rings. The van der Waals surface area contributed by atoms with Crippen LogP contribution in [0, 0.1) is 5.92 Å². The molecule has 1 saturated carbocycles. The standard InChI is InChI=1S/C11H19N3O2.ClH/c1-14-5-4-9(11(14)16)13-10(15)7-2-3-8(12)6-7;/h7-9H,2-6,12H2,1H3,(H,13,15);1H. The number of halogens is 1. The van der Waals surface area contributed by atoms with Gasteiger partial charge in [-0.2, -0.15) is 0 Å². The van der Waals surface area contributed by atoms with Crippen molar-refractivity contribution in [2.24, 2.45) is 11.7 Å². The first kappa shape index (κ1) is 14.3. The van der Waals surface area contributed by atoms with Crippen molar-refractivity contribution in [1.82, 2.24) is 10.2 Å². The predicted molar refractivity (Wildman–Crippen MR) is 66.7 cm³/mol. The van der Waals surface area contributed by atoms with Gasteiger partial charge in [-0.05, 0) is 25.7 Å². The van der Waals surface area contributed by atoms with Crippen molar-refractivity contribution >= 4 is 24.2 Å². The molecule has 2 aliphatic rings. The second-order valence-corrected chi connectivity index (χ2v) is 4.88. The number of likely N-dealkylation sites (tertiary alicyclic amines) is 1. The van der Waals surface area contributed by atoms with E-state index in [1.54, 1.807) is 11.9 Å². The average Bonchev–Trinajstić information content (AvgIpc) is 2.79. The van der Waals surface area contributed by atoms with Gasteiger partial charge in [-0.25, -0.2) is 0 Å². The molecule has 0 aromatic rings. The van der Waals surface area contributed by atoms with Crippen molar-refractivity contribution in [3.05, 3.63) is 0 Å². The summed E-state index contributed by atoms with van der Waals surface area (Å²) in [5.41, 5.74) is 5.77. The molecule has 98 valence electrons. The zero-order valence-electron chi connectivity index (χ0n) is 10.0. The molecule has 1 saturated heterocycles. The molecule has 1 aliphatic heterocycles. The third-order valence-corrected chi connectivity index (χ3v) is 3.59. The van der Waals surface area contributed by atoms with E-state index >= 15 is 0 Å².